The minimum Gasteiger partial charge on any atom is -0.496 e. The summed E-state index contributed by atoms with van der Waals surface area (Å²) >= 11 is 0. The molecule has 0 amide bonds. The third-order valence-corrected chi connectivity index (χ3v) is 3.62. The summed E-state index contributed by atoms with van der Waals surface area (Å²) in [5, 5.41) is 0.938. The van der Waals surface area contributed by atoms with E-state index in [4.69, 9.17) is 20.2 Å². The van der Waals surface area contributed by atoms with Crippen molar-refractivity contribution in [3.63, 3.8) is 0 Å². The van der Waals surface area contributed by atoms with Crippen molar-refractivity contribution in [2.24, 2.45) is 0 Å². The van der Waals surface area contributed by atoms with E-state index < -0.39 is 0 Å². The number of pyridine rings is 2. The fourth-order valence-electron chi connectivity index (χ4n) is 2.49. The van der Waals surface area contributed by atoms with Crippen LogP contribution < -0.4 is 15.2 Å². The monoisotopic (exact) mass is 295 g/mol. The van der Waals surface area contributed by atoms with Gasteiger partial charge < -0.3 is 15.2 Å². The van der Waals surface area contributed by atoms with E-state index in [2.05, 4.69) is 4.98 Å². The molecule has 22 heavy (non-hydrogen) atoms. The van der Waals surface area contributed by atoms with E-state index in [1.54, 1.807) is 20.3 Å². The Morgan fingerprint density at radius 3 is 2.36 bits per heavy atom. The van der Waals surface area contributed by atoms with Crippen LogP contribution in [0.3, 0.4) is 0 Å². The highest BCUT2D eigenvalue weighted by atomic mass is 16.5. The summed E-state index contributed by atoms with van der Waals surface area (Å²) in [4.78, 5) is 9.05. The normalized spacial score (nSPS) is 10.7. The lowest BCUT2D eigenvalue weighted by Gasteiger charge is -2.12. The highest BCUT2D eigenvalue weighted by molar-refractivity contribution is 5.91. The van der Waals surface area contributed by atoms with Crippen molar-refractivity contribution in [2.75, 3.05) is 20.0 Å². The molecule has 5 heteroatoms. The molecule has 5 nitrogen and oxygen atoms in total. The molecule has 3 rings (SSSR count). The van der Waals surface area contributed by atoms with Gasteiger partial charge in [-0.2, -0.15) is 0 Å². The van der Waals surface area contributed by atoms with E-state index >= 15 is 0 Å². The number of methoxy groups -OCH3 is 2. The zero-order valence-corrected chi connectivity index (χ0v) is 12.8. The lowest BCUT2D eigenvalue weighted by Crippen LogP contribution is -1.97. The molecule has 2 aromatic heterocycles. The van der Waals surface area contributed by atoms with Crippen molar-refractivity contribution in [3.05, 3.63) is 42.0 Å². The van der Waals surface area contributed by atoms with Crippen molar-refractivity contribution in [1.82, 2.24) is 9.97 Å². The van der Waals surface area contributed by atoms with Gasteiger partial charge in [0.25, 0.3) is 0 Å². The summed E-state index contributed by atoms with van der Waals surface area (Å²) in [5.74, 6) is 2.00. The molecule has 0 bridgehead atoms. The molecule has 0 atom stereocenters. The number of anilines is 1. The molecule has 1 aromatic carbocycles. The summed E-state index contributed by atoms with van der Waals surface area (Å²) < 4.78 is 10.9. The summed E-state index contributed by atoms with van der Waals surface area (Å²) in [5.41, 5.74) is 8.98. The molecule has 0 aliphatic heterocycles. The average Bonchev–Trinajstić information content (AvgIpc) is 2.54. The highest BCUT2D eigenvalue weighted by Crippen LogP contribution is 2.34. The van der Waals surface area contributed by atoms with E-state index in [9.17, 15) is 0 Å². The first-order chi connectivity index (χ1) is 10.6. The zero-order chi connectivity index (χ0) is 15.7. The molecule has 3 aromatic rings. The lowest BCUT2D eigenvalue weighted by atomic mass is 10.1. The summed E-state index contributed by atoms with van der Waals surface area (Å²) in [6.45, 7) is 1.98. The maximum Gasteiger partial charge on any atom is 0.130 e. The number of nitrogens with zero attached hydrogens (tertiary/aromatic N) is 2. The number of aryl methyl sites for hydroxylation is 1. The van der Waals surface area contributed by atoms with E-state index in [0.717, 1.165) is 28.0 Å². The number of hydrogen-bond donors (Lipinski definition) is 1. The van der Waals surface area contributed by atoms with E-state index in [-0.39, 0.29) is 0 Å². The fourth-order valence-corrected chi connectivity index (χ4v) is 2.49. The van der Waals surface area contributed by atoms with Gasteiger partial charge in [0, 0.05) is 17.0 Å². The smallest absolute Gasteiger partial charge is 0.130 e. The second-order valence-electron chi connectivity index (χ2n) is 4.95. The number of fused-ring (bicyclic) bond motifs is 1. The number of hydrogen-bond acceptors (Lipinski definition) is 5. The van der Waals surface area contributed by atoms with Gasteiger partial charge in [-0.3, -0.25) is 0 Å². The Morgan fingerprint density at radius 2 is 1.68 bits per heavy atom. The topological polar surface area (TPSA) is 70.3 Å². The summed E-state index contributed by atoms with van der Waals surface area (Å²) in [6, 6.07) is 11.2. The summed E-state index contributed by atoms with van der Waals surface area (Å²) in [7, 11) is 3.29. The van der Waals surface area contributed by atoms with Crippen LogP contribution in [0, 0.1) is 6.92 Å². The molecule has 0 fully saturated rings. The Labute approximate surface area is 128 Å². The molecule has 0 unspecified atom stereocenters. The quantitative estimate of drug-likeness (QED) is 0.803. The predicted molar refractivity (Wildman–Crippen MR) is 87.2 cm³/mol. The Balaban J connectivity index is 2.31. The van der Waals surface area contributed by atoms with Gasteiger partial charge in [0.2, 0.25) is 0 Å². The molecule has 0 radical (unpaired) electrons. The van der Waals surface area contributed by atoms with Crippen LogP contribution in [0.1, 0.15) is 5.56 Å². The number of benzene rings is 1. The molecular weight excluding hydrogens is 278 g/mol. The van der Waals surface area contributed by atoms with Crippen LogP contribution in [0.4, 0.5) is 5.82 Å². The van der Waals surface area contributed by atoms with Crippen LogP contribution in [0.15, 0.2) is 36.4 Å². The first kappa shape index (κ1) is 14.1. The van der Waals surface area contributed by atoms with Crippen molar-refractivity contribution in [3.8, 4) is 22.9 Å². The predicted octanol–water partition coefficient (Wildman–Crippen LogP) is 3.20. The van der Waals surface area contributed by atoms with Crippen LogP contribution >= 0.6 is 0 Å². The second-order valence-corrected chi connectivity index (χ2v) is 4.95. The Kier molecular flexibility index (Phi) is 3.55. The second kappa shape index (κ2) is 5.52. The largest absolute Gasteiger partial charge is 0.496 e. The zero-order valence-electron chi connectivity index (χ0n) is 12.8. The van der Waals surface area contributed by atoms with E-state index in [1.165, 1.54) is 0 Å². The SMILES string of the molecule is COc1ccc2c(OC)cc(-c3cccc(N)n3)nc2c1C. The minimum absolute atomic E-state index is 0.459. The van der Waals surface area contributed by atoms with Crippen LogP contribution in [-0.2, 0) is 0 Å². The van der Waals surface area contributed by atoms with Crippen molar-refractivity contribution in [1.29, 1.82) is 0 Å². The molecular formula is C17H17N3O2. The standard InChI is InChI=1S/C17H17N3O2/c1-10-14(21-2)8-7-11-15(22-3)9-13(20-17(10)11)12-5-4-6-16(18)19-12/h4-9H,1-3H3,(H2,18,19). The van der Waals surface area contributed by atoms with Crippen LogP contribution in [0.5, 0.6) is 11.5 Å². The van der Waals surface area contributed by atoms with Crippen LogP contribution in [0.25, 0.3) is 22.3 Å². The number of ether oxygens (including phenoxy) is 2. The van der Waals surface area contributed by atoms with E-state index in [1.807, 2.05) is 37.3 Å². The average molecular weight is 295 g/mol. The molecule has 2 N–H and O–H groups in total. The van der Waals surface area contributed by atoms with Crippen molar-refractivity contribution >= 4 is 16.7 Å². The number of nitrogen functional groups attached to an aromatic ring is 1. The van der Waals surface area contributed by atoms with Gasteiger partial charge in [0.1, 0.15) is 17.3 Å². The molecule has 0 saturated carbocycles. The first-order valence-electron chi connectivity index (χ1n) is 6.89. The molecule has 0 saturated heterocycles. The summed E-state index contributed by atoms with van der Waals surface area (Å²) in [6.07, 6.45) is 0. The van der Waals surface area contributed by atoms with E-state index in [0.29, 0.717) is 17.2 Å². The van der Waals surface area contributed by atoms with Crippen LogP contribution in [-0.4, -0.2) is 24.2 Å². The maximum atomic E-state index is 5.76. The van der Waals surface area contributed by atoms with Gasteiger partial charge in [-0.25, -0.2) is 9.97 Å². The molecule has 0 aliphatic carbocycles. The number of aromatic nitrogens is 2. The van der Waals surface area contributed by atoms with Gasteiger partial charge in [-0.05, 0) is 31.2 Å². The van der Waals surface area contributed by atoms with Gasteiger partial charge in [-0.15, -0.1) is 0 Å². The fraction of sp³-hybridized carbons (Fsp3) is 0.176. The molecule has 0 aliphatic rings. The van der Waals surface area contributed by atoms with Crippen LogP contribution in [0.2, 0.25) is 0 Å². The first-order valence-corrected chi connectivity index (χ1v) is 6.89. The van der Waals surface area contributed by atoms with Crippen molar-refractivity contribution in [2.45, 2.75) is 6.92 Å². The Bertz CT molecular complexity index is 847. The van der Waals surface area contributed by atoms with Gasteiger partial charge in [0.15, 0.2) is 0 Å². The van der Waals surface area contributed by atoms with Crippen molar-refractivity contribution < 1.29 is 9.47 Å². The van der Waals surface area contributed by atoms with Gasteiger partial charge in [-0.1, -0.05) is 6.07 Å². The third-order valence-electron chi connectivity index (χ3n) is 3.62. The lowest BCUT2D eigenvalue weighted by molar-refractivity contribution is 0.411. The number of rotatable bonds is 3. The van der Waals surface area contributed by atoms with Gasteiger partial charge in [0.05, 0.1) is 31.1 Å². The Morgan fingerprint density at radius 1 is 0.909 bits per heavy atom. The minimum atomic E-state index is 0.459. The maximum absolute atomic E-state index is 5.76. The Hall–Kier alpha value is -2.82. The molecule has 112 valence electrons. The highest BCUT2D eigenvalue weighted by Gasteiger charge is 2.13. The third kappa shape index (κ3) is 2.30. The molecule has 2 heterocycles. The molecule has 0 spiro atoms. The number of nitrogens with two attached hydrogens (primary N) is 1. The van der Waals surface area contributed by atoms with Gasteiger partial charge >= 0.3 is 0 Å².